The van der Waals surface area contributed by atoms with Gasteiger partial charge in [-0.2, -0.15) is 0 Å². The van der Waals surface area contributed by atoms with Gasteiger partial charge < -0.3 is 4.74 Å². The van der Waals surface area contributed by atoms with E-state index in [1.165, 1.54) is 14.2 Å². The molecular weight excluding hydrogens is 376 g/mol. The molecule has 0 unspecified atom stereocenters. The first-order chi connectivity index (χ1) is 11.5. The third-order valence-electron chi connectivity index (χ3n) is 3.22. The minimum absolute atomic E-state index is 0.184. The zero-order chi connectivity index (χ0) is 17.5. The normalized spacial score (nSPS) is 10.1. The second-order valence-corrected chi connectivity index (χ2v) is 5.72. The number of hydroxylamine groups is 2. The first kappa shape index (κ1) is 18.0. The Morgan fingerprint density at radius 1 is 1.17 bits per heavy atom. The molecule has 0 aliphatic carbocycles. The third-order valence-corrected chi connectivity index (χ3v) is 3.87. The fourth-order valence-electron chi connectivity index (χ4n) is 1.90. The van der Waals surface area contributed by atoms with E-state index in [0.29, 0.717) is 15.7 Å². The maximum absolute atomic E-state index is 12.0. The molecule has 6 nitrogen and oxygen atoms in total. The lowest BCUT2D eigenvalue weighted by Gasteiger charge is -2.15. The number of nitrogens with one attached hydrogen (secondary N) is 1. The Kier molecular flexibility index (Phi) is 6.34. The predicted octanol–water partition coefficient (Wildman–Crippen LogP) is 3.83. The molecule has 2 rings (SSSR count). The van der Waals surface area contributed by atoms with Gasteiger partial charge in [-0.15, -0.1) is 0 Å². The van der Waals surface area contributed by atoms with Crippen molar-refractivity contribution in [2.45, 2.75) is 6.61 Å². The maximum atomic E-state index is 12.0. The number of carbonyl (C=O) groups excluding carboxylic acids is 2. The van der Waals surface area contributed by atoms with Crippen molar-refractivity contribution in [2.24, 2.45) is 0 Å². The van der Waals surface area contributed by atoms with Crippen molar-refractivity contribution >= 4 is 33.6 Å². The van der Waals surface area contributed by atoms with E-state index in [1.807, 2.05) is 30.3 Å². The number of amides is 2. The van der Waals surface area contributed by atoms with Crippen LogP contribution in [-0.4, -0.2) is 31.2 Å². The van der Waals surface area contributed by atoms with E-state index in [9.17, 15) is 9.59 Å². The van der Waals surface area contributed by atoms with Gasteiger partial charge in [-0.1, -0.05) is 30.3 Å². The molecule has 2 aromatic carbocycles. The monoisotopic (exact) mass is 392 g/mol. The Hall–Kier alpha value is -2.38. The summed E-state index contributed by atoms with van der Waals surface area (Å²) in [4.78, 5) is 28.7. The molecule has 0 aromatic heterocycles. The fourth-order valence-corrected chi connectivity index (χ4v) is 2.44. The Labute approximate surface area is 148 Å². The van der Waals surface area contributed by atoms with Gasteiger partial charge in [-0.25, -0.2) is 9.86 Å². The van der Waals surface area contributed by atoms with Crippen LogP contribution < -0.4 is 5.32 Å². The van der Waals surface area contributed by atoms with Gasteiger partial charge in [0.05, 0.1) is 12.7 Å². The number of hydrogen-bond acceptors (Lipinski definition) is 4. The van der Waals surface area contributed by atoms with E-state index in [4.69, 9.17) is 9.57 Å². The Morgan fingerprint density at radius 2 is 1.88 bits per heavy atom. The van der Waals surface area contributed by atoms with E-state index < -0.39 is 6.09 Å². The van der Waals surface area contributed by atoms with Crippen molar-refractivity contribution in [1.29, 1.82) is 0 Å². The molecule has 0 saturated heterocycles. The van der Waals surface area contributed by atoms with Crippen molar-refractivity contribution < 1.29 is 19.2 Å². The minimum Gasteiger partial charge on any atom is -0.444 e. The summed E-state index contributed by atoms with van der Waals surface area (Å²) in [7, 11) is 2.92. The summed E-state index contributed by atoms with van der Waals surface area (Å²) in [6.07, 6.45) is -0.571. The van der Waals surface area contributed by atoms with E-state index in [0.717, 1.165) is 10.6 Å². The van der Waals surface area contributed by atoms with Crippen LogP contribution in [-0.2, 0) is 16.2 Å². The first-order valence-electron chi connectivity index (χ1n) is 7.10. The zero-order valence-electron chi connectivity index (χ0n) is 13.3. The van der Waals surface area contributed by atoms with Crippen molar-refractivity contribution in [1.82, 2.24) is 5.06 Å². The van der Waals surface area contributed by atoms with E-state index in [-0.39, 0.29) is 12.5 Å². The molecule has 0 aliphatic rings. The SMILES string of the molecule is CON(C)C(=O)c1ccc(NC(=O)OCc2ccccc2)cc1Br. The van der Waals surface area contributed by atoms with E-state index in [2.05, 4.69) is 21.2 Å². The van der Waals surface area contributed by atoms with Crippen LogP contribution >= 0.6 is 15.9 Å². The summed E-state index contributed by atoms with van der Waals surface area (Å²) in [5.74, 6) is -0.303. The van der Waals surface area contributed by atoms with Gasteiger partial charge in [0.15, 0.2) is 0 Å². The standard InChI is InChI=1S/C17H17BrN2O4/c1-20(23-2)16(21)14-9-8-13(10-15(14)18)19-17(22)24-11-12-6-4-3-5-7-12/h3-10H,11H2,1-2H3,(H,19,22). The van der Waals surface area contributed by atoms with Crippen LogP contribution in [0.5, 0.6) is 0 Å². The molecule has 0 radical (unpaired) electrons. The lowest BCUT2D eigenvalue weighted by Crippen LogP contribution is -2.25. The van der Waals surface area contributed by atoms with Gasteiger partial charge >= 0.3 is 6.09 Å². The Morgan fingerprint density at radius 3 is 2.50 bits per heavy atom. The van der Waals surface area contributed by atoms with Crippen LogP contribution in [0.25, 0.3) is 0 Å². The second-order valence-electron chi connectivity index (χ2n) is 4.87. The average molecular weight is 393 g/mol. The topological polar surface area (TPSA) is 67.9 Å². The zero-order valence-corrected chi connectivity index (χ0v) is 14.9. The summed E-state index contributed by atoms with van der Waals surface area (Å²) in [6, 6.07) is 14.2. The van der Waals surface area contributed by atoms with Crippen LogP contribution in [0.4, 0.5) is 10.5 Å². The molecular formula is C17H17BrN2O4. The highest BCUT2D eigenvalue weighted by Gasteiger charge is 2.15. The average Bonchev–Trinajstić information content (AvgIpc) is 2.59. The molecule has 2 amide bonds. The molecule has 0 aliphatic heterocycles. The molecule has 1 N–H and O–H groups in total. The van der Waals surface area contributed by atoms with E-state index >= 15 is 0 Å². The number of benzene rings is 2. The highest BCUT2D eigenvalue weighted by molar-refractivity contribution is 9.10. The number of hydrogen-bond donors (Lipinski definition) is 1. The number of ether oxygens (including phenoxy) is 1. The first-order valence-corrected chi connectivity index (χ1v) is 7.90. The minimum atomic E-state index is -0.571. The summed E-state index contributed by atoms with van der Waals surface area (Å²) in [5, 5.41) is 3.73. The molecule has 7 heteroatoms. The van der Waals surface area contributed by atoms with Gasteiger partial charge in [0, 0.05) is 17.2 Å². The summed E-state index contributed by atoms with van der Waals surface area (Å²) >= 11 is 3.32. The second kappa shape index (κ2) is 8.47. The largest absolute Gasteiger partial charge is 0.444 e. The molecule has 0 atom stereocenters. The van der Waals surface area contributed by atoms with Gasteiger partial charge in [-0.3, -0.25) is 14.9 Å². The molecule has 0 fully saturated rings. The number of anilines is 1. The molecule has 2 aromatic rings. The number of nitrogens with zero attached hydrogens (tertiary/aromatic N) is 1. The van der Waals surface area contributed by atoms with Crippen molar-refractivity contribution in [2.75, 3.05) is 19.5 Å². The van der Waals surface area contributed by atoms with Crippen molar-refractivity contribution in [3.05, 3.63) is 64.1 Å². The van der Waals surface area contributed by atoms with Crippen LogP contribution in [0.2, 0.25) is 0 Å². The lowest BCUT2D eigenvalue weighted by molar-refractivity contribution is -0.0757. The third kappa shape index (κ3) is 4.81. The molecule has 0 spiro atoms. The highest BCUT2D eigenvalue weighted by Crippen LogP contribution is 2.23. The molecule has 126 valence electrons. The number of rotatable bonds is 5. The summed E-state index contributed by atoms with van der Waals surface area (Å²) in [6.45, 7) is 0.184. The van der Waals surface area contributed by atoms with Crippen molar-refractivity contribution in [3.63, 3.8) is 0 Å². The van der Waals surface area contributed by atoms with Crippen molar-refractivity contribution in [3.8, 4) is 0 Å². The van der Waals surface area contributed by atoms with Crippen LogP contribution in [0, 0.1) is 0 Å². The van der Waals surface area contributed by atoms with Crippen LogP contribution in [0.15, 0.2) is 53.0 Å². The van der Waals surface area contributed by atoms with Gasteiger partial charge in [0.25, 0.3) is 5.91 Å². The fraction of sp³-hybridized carbons (Fsp3) is 0.176. The van der Waals surface area contributed by atoms with Gasteiger partial charge in [-0.05, 0) is 39.7 Å². The maximum Gasteiger partial charge on any atom is 0.411 e. The molecule has 24 heavy (non-hydrogen) atoms. The van der Waals surface area contributed by atoms with Crippen LogP contribution in [0.1, 0.15) is 15.9 Å². The lowest BCUT2D eigenvalue weighted by atomic mass is 10.2. The smallest absolute Gasteiger partial charge is 0.411 e. The summed E-state index contributed by atoms with van der Waals surface area (Å²) < 4.78 is 5.68. The van der Waals surface area contributed by atoms with E-state index in [1.54, 1.807) is 18.2 Å². The Bertz CT molecular complexity index is 722. The number of halogens is 1. The quantitative estimate of drug-likeness (QED) is 0.785. The highest BCUT2D eigenvalue weighted by atomic mass is 79.9. The summed E-state index contributed by atoms with van der Waals surface area (Å²) in [5.41, 5.74) is 1.83. The van der Waals surface area contributed by atoms with Gasteiger partial charge in [0.2, 0.25) is 0 Å². The molecule has 0 bridgehead atoms. The predicted molar refractivity (Wildman–Crippen MR) is 93.5 cm³/mol. The number of carbonyl (C=O) groups is 2. The van der Waals surface area contributed by atoms with Gasteiger partial charge in [0.1, 0.15) is 6.61 Å². The molecule has 0 saturated carbocycles. The molecule has 0 heterocycles. The van der Waals surface area contributed by atoms with Crippen LogP contribution in [0.3, 0.4) is 0 Å². The Balaban J connectivity index is 1.96.